The summed E-state index contributed by atoms with van der Waals surface area (Å²) in [6.07, 6.45) is -1.15. The molecular weight excluding hydrogens is 404 g/mol. The Bertz CT molecular complexity index is 1120. The number of aryl methyl sites for hydroxylation is 1. The molecule has 0 fully saturated rings. The number of para-hydroxylation sites is 1. The molecule has 142 valence electrons. The van der Waals surface area contributed by atoms with Crippen LogP contribution in [-0.2, 0) is 15.8 Å². The molecule has 2 aromatic carbocycles. The first-order chi connectivity index (χ1) is 12.8. The average Bonchev–Trinajstić information content (AvgIpc) is 2.66. The summed E-state index contributed by atoms with van der Waals surface area (Å²) in [6.45, 7) is 1.87. The van der Waals surface area contributed by atoms with Gasteiger partial charge in [0, 0.05) is 33.0 Å². The third kappa shape index (κ3) is 3.70. The Kier molecular flexibility index (Phi) is 5.79. The minimum absolute atomic E-state index is 0.0443. The van der Waals surface area contributed by atoms with Crippen LogP contribution in [0.4, 0.5) is 0 Å². The van der Waals surface area contributed by atoms with E-state index in [0.29, 0.717) is 22.2 Å². The van der Waals surface area contributed by atoms with Crippen LogP contribution in [0.2, 0.25) is 5.02 Å². The first-order valence-electron chi connectivity index (χ1n) is 8.20. The van der Waals surface area contributed by atoms with Crippen molar-refractivity contribution in [3.05, 3.63) is 69.9 Å². The van der Waals surface area contributed by atoms with Crippen molar-refractivity contribution in [3.63, 3.8) is 0 Å². The topological polar surface area (TPSA) is 79.3 Å². The Balaban J connectivity index is 2.29. The molecule has 1 aromatic heterocycles. The molecule has 0 aliphatic rings. The summed E-state index contributed by atoms with van der Waals surface area (Å²) in [6, 6.07) is 12.2. The van der Waals surface area contributed by atoms with Gasteiger partial charge in [-0.05, 0) is 37.7 Å². The van der Waals surface area contributed by atoms with Gasteiger partial charge in [-0.3, -0.25) is 4.98 Å². The zero-order valence-corrected chi connectivity index (χ0v) is 17.2. The van der Waals surface area contributed by atoms with Crippen LogP contribution < -0.4 is 4.72 Å². The number of aromatic nitrogens is 1. The van der Waals surface area contributed by atoms with E-state index in [2.05, 4.69) is 22.3 Å². The van der Waals surface area contributed by atoms with Gasteiger partial charge in [-0.1, -0.05) is 35.9 Å². The number of hydrogen-bond donors (Lipinski definition) is 3. The lowest BCUT2D eigenvalue weighted by Gasteiger charge is -2.20. The normalized spacial score (nSPS) is 13.1. The van der Waals surface area contributed by atoms with Gasteiger partial charge < -0.3 is 5.11 Å². The number of aliphatic hydroxyl groups excluding tert-OH is 1. The van der Waals surface area contributed by atoms with E-state index in [-0.39, 0.29) is 15.7 Å². The molecule has 0 aliphatic carbocycles. The molecule has 1 heterocycles. The van der Waals surface area contributed by atoms with Crippen LogP contribution in [0.3, 0.4) is 0 Å². The lowest BCUT2D eigenvalue weighted by molar-refractivity contribution is 0.220. The maximum absolute atomic E-state index is 12.4. The van der Waals surface area contributed by atoms with Crippen LogP contribution in [0, 0.1) is 6.92 Å². The molecule has 3 rings (SSSR count). The van der Waals surface area contributed by atoms with Crippen molar-refractivity contribution in [2.24, 2.45) is 0 Å². The fourth-order valence-corrected chi connectivity index (χ4v) is 4.78. The van der Waals surface area contributed by atoms with Crippen LogP contribution in [0.5, 0.6) is 0 Å². The van der Waals surface area contributed by atoms with Crippen LogP contribution >= 0.6 is 24.2 Å². The van der Waals surface area contributed by atoms with Crippen molar-refractivity contribution in [1.82, 2.24) is 9.71 Å². The second-order valence-electron chi connectivity index (χ2n) is 6.08. The number of sulfonamides is 1. The summed E-state index contributed by atoms with van der Waals surface area (Å²) >= 11 is 10.7. The minimum atomic E-state index is -3.73. The lowest BCUT2D eigenvalue weighted by atomic mass is 9.95. The predicted molar refractivity (Wildman–Crippen MR) is 111 cm³/mol. The highest BCUT2D eigenvalue weighted by atomic mass is 35.5. The smallest absolute Gasteiger partial charge is 0.240 e. The van der Waals surface area contributed by atoms with E-state index in [1.807, 2.05) is 31.2 Å². The van der Waals surface area contributed by atoms with Crippen molar-refractivity contribution < 1.29 is 13.5 Å². The van der Waals surface area contributed by atoms with Crippen molar-refractivity contribution in [2.45, 2.75) is 23.7 Å². The summed E-state index contributed by atoms with van der Waals surface area (Å²) in [5.41, 5.74) is 2.69. The first-order valence-corrected chi connectivity index (χ1v) is 10.7. The number of nitrogens with one attached hydrogen (secondary N) is 1. The molecule has 0 amide bonds. The Morgan fingerprint density at radius 2 is 1.96 bits per heavy atom. The van der Waals surface area contributed by atoms with E-state index < -0.39 is 16.1 Å². The molecule has 3 aromatic rings. The standard InChI is InChI=1S/C19H19ClN2O3S2/c1-11-6-7-12-4-3-5-13(18(12)22-11)19(23)17-14(10-26)16(9-8-15(17)20)27(24,25)21-2/h3-9,19,21,23,26H,10H2,1-2H3. The summed E-state index contributed by atoms with van der Waals surface area (Å²) in [4.78, 5) is 4.59. The number of halogens is 1. The van der Waals surface area contributed by atoms with Gasteiger partial charge in [-0.15, -0.1) is 0 Å². The molecule has 2 N–H and O–H groups in total. The van der Waals surface area contributed by atoms with Gasteiger partial charge in [-0.25, -0.2) is 13.1 Å². The molecule has 0 aliphatic heterocycles. The van der Waals surface area contributed by atoms with Gasteiger partial charge in [0.25, 0.3) is 0 Å². The monoisotopic (exact) mass is 422 g/mol. The average molecular weight is 423 g/mol. The fraction of sp³-hybridized carbons (Fsp3) is 0.211. The quantitative estimate of drug-likeness (QED) is 0.549. The second kappa shape index (κ2) is 7.77. The number of thiol groups is 1. The van der Waals surface area contributed by atoms with Crippen LogP contribution in [0.25, 0.3) is 10.9 Å². The van der Waals surface area contributed by atoms with E-state index in [4.69, 9.17) is 11.6 Å². The van der Waals surface area contributed by atoms with Crippen LogP contribution in [0.15, 0.2) is 47.4 Å². The summed E-state index contributed by atoms with van der Waals surface area (Å²) in [7, 11) is -2.40. The highest BCUT2D eigenvalue weighted by Crippen LogP contribution is 2.37. The van der Waals surface area contributed by atoms with Gasteiger partial charge in [0.2, 0.25) is 10.0 Å². The molecule has 1 atom stereocenters. The van der Waals surface area contributed by atoms with Gasteiger partial charge in [0.05, 0.1) is 10.4 Å². The molecule has 0 bridgehead atoms. The SMILES string of the molecule is CNS(=O)(=O)c1ccc(Cl)c(C(O)c2cccc3ccc(C)nc23)c1CS. The van der Waals surface area contributed by atoms with E-state index in [1.165, 1.54) is 19.2 Å². The lowest BCUT2D eigenvalue weighted by Crippen LogP contribution is -2.21. The molecule has 0 spiro atoms. The minimum Gasteiger partial charge on any atom is -0.384 e. The number of nitrogens with zero attached hydrogens (tertiary/aromatic N) is 1. The number of pyridine rings is 1. The number of rotatable bonds is 5. The van der Waals surface area contributed by atoms with Crippen LogP contribution in [-0.4, -0.2) is 25.6 Å². The van der Waals surface area contributed by atoms with E-state index in [9.17, 15) is 13.5 Å². The third-order valence-corrected chi connectivity index (χ3v) is 6.58. The predicted octanol–water partition coefficient (Wildman–Crippen LogP) is 3.62. The Hall–Kier alpha value is -1.64. The van der Waals surface area contributed by atoms with E-state index in [0.717, 1.165) is 11.1 Å². The van der Waals surface area contributed by atoms with Gasteiger partial charge in [0.15, 0.2) is 0 Å². The second-order valence-corrected chi connectivity index (χ2v) is 8.66. The maximum Gasteiger partial charge on any atom is 0.240 e. The highest BCUT2D eigenvalue weighted by molar-refractivity contribution is 7.89. The van der Waals surface area contributed by atoms with Gasteiger partial charge in [0.1, 0.15) is 6.10 Å². The zero-order chi connectivity index (χ0) is 19.8. The molecule has 5 nitrogen and oxygen atoms in total. The molecule has 0 radical (unpaired) electrons. The number of aliphatic hydroxyl groups is 1. The van der Waals surface area contributed by atoms with Crippen molar-refractivity contribution >= 4 is 45.2 Å². The van der Waals surface area contributed by atoms with Gasteiger partial charge in [-0.2, -0.15) is 12.6 Å². The summed E-state index contributed by atoms with van der Waals surface area (Å²) in [5.74, 6) is 0.0976. The van der Waals surface area contributed by atoms with E-state index in [1.54, 1.807) is 6.07 Å². The van der Waals surface area contributed by atoms with E-state index >= 15 is 0 Å². The molecule has 1 unspecified atom stereocenters. The van der Waals surface area contributed by atoms with Crippen LogP contribution in [0.1, 0.15) is 28.5 Å². The Labute approximate surface area is 168 Å². The summed E-state index contributed by atoms with van der Waals surface area (Å²) in [5, 5.41) is 12.3. The Morgan fingerprint density at radius 3 is 2.63 bits per heavy atom. The zero-order valence-electron chi connectivity index (χ0n) is 14.8. The van der Waals surface area contributed by atoms with Crippen molar-refractivity contribution in [1.29, 1.82) is 0 Å². The van der Waals surface area contributed by atoms with Crippen molar-refractivity contribution in [3.8, 4) is 0 Å². The largest absolute Gasteiger partial charge is 0.384 e. The summed E-state index contributed by atoms with van der Waals surface area (Å²) < 4.78 is 27.1. The highest BCUT2D eigenvalue weighted by Gasteiger charge is 2.26. The Morgan fingerprint density at radius 1 is 1.22 bits per heavy atom. The molecule has 27 heavy (non-hydrogen) atoms. The molecular formula is C19H19ClN2O3S2. The molecule has 0 saturated heterocycles. The number of benzene rings is 2. The molecule has 8 heteroatoms. The number of hydrogen-bond acceptors (Lipinski definition) is 5. The maximum atomic E-state index is 12.4. The third-order valence-electron chi connectivity index (χ3n) is 4.44. The first kappa shape index (κ1) is 20.1. The number of fused-ring (bicyclic) bond motifs is 1. The van der Waals surface area contributed by atoms with Crippen molar-refractivity contribution in [2.75, 3.05) is 7.05 Å². The fourth-order valence-electron chi connectivity index (χ4n) is 3.08. The molecule has 0 saturated carbocycles. The van der Waals surface area contributed by atoms with Gasteiger partial charge >= 0.3 is 0 Å².